The van der Waals surface area contributed by atoms with Crippen molar-refractivity contribution >= 4 is 26.5 Å². The van der Waals surface area contributed by atoms with Gasteiger partial charge in [0.05, 0.1) is 0 Å². The maximum atomic E-state index is 2.54. The molecule has 0 fully saturated rings. The van der Waals surface area contributed by atoms with Gasteiger partial charge in [-0.3, -0.25) is 0 Å². The van der Waals surface area contributed by atoms with Gasteiger partial charge in [-0.1, -0.05) is 0 Å². The fourth-order valence-corrected chi connectivity index (χ4v) is 18.8. The molecule has 0 atom stereocenters. The summed E-state index contributed by atoms with van der Waals surface area (Å²) in [6, 6.07) is 0. The third-order valence-electron chi connectivity index (χ3n) is 3.78. The molecule has 0 aliphatic heterocycles. The van der Waals surface area contributed by atoms with Crippen molar-refractivity contribution in [3.8, 4) is 0 Å². The Bertz CT molecular complexity index is 457. The van der Waals surface area contributed by atoms with Crippen LogP contribution in [-0.2, 0) is 19.2 Å². The SMILES string of the molecule is [CH3][Ge]([CH3])([CH3])[C]1=[C]([Ti+2][C]2=[C]([Ge]([CH3])([CH3])[CH3])C=CC2)CC=C1.[H-].[H-]. The van der Waals surface area contributed by atoms with Crippen LogP contribution in [0.15, 0.2) is 40.9 Å². The predicted molar refractivity (Wildman–Crippen MR) is 90.5 cm³/mol. The van der Waals surface area contributed by atoms with Crippen molar-refractivity contribution in [2.24, 2.45) is 0 Å². The molecule has 0 nitrogen and oxygen atoms in total. The maximum Gasteiger partial charge on any atom is -1.00 e. The van der Waals surface area contributed by atoms with E-state index < -0.39 is 26.5 Å². The normalized spacial score (nSPS) is 19.7. The summed E-state index contributed by atoms with van der Waals surface area (Å²) >= 11 is -3.30. The van der Waals surface area contributed by atoms with Crippen LogP contribution in [0.2, 0.25) is 34.5 Å². The van der Waals surface area contributed by atoms with Gasteiger partial charge < -0.3 is 2.85 Å². The molecule has 3 heteroatoms. The summed E-state index contributed by atoms with van der Waals surface area (Å²) in [5.41, 5.74) is 0. The zero-order valence-electron chi connectivity index (χ0n) is 15.2. The molecule has 0 unspecified atom stereocenters. The van der Waals surface area contributed by atoms with E-state index in [1.807, 2.05) is 16.6 Å². The van der Waals surface area contributed by atoms with Crippen molar-refractivity contribution < 1.29 is 22.0 Å². The van der Waals surface area contributed by atoms with E-state index in [0.717, 1.165) is 0 Å². The molecule has 0 radical (unpaired) electrons. The Morgan fingerprint density at radius 1 is 0.789 bits per heavy atom. The van der Waals surface area contributed by atoms with Crippen molar-refractivity contribution in [3.05, 3.63) is 40.9 Å². The van der Waals surface area contributed by atoms with E-state index in [9.17, 15) is 0 Å². The summed E-state index contributed by atoms with van der Waals surface area (Å²) in [6.45, 7) is 0. The van der Waals surface area contributed by atoms with Crippen LogP contribution < -0.4 is 0 Å². The molecule has 104 valence electrons. The largest absolute Gasteiger partial charge is 1.00 e. The predicted octanol–water partition coefficient (Wildman–Crippen LogP) is 5.48. The molecule has 0 spiro atoms. The van der Waals surface area contributed by atoms with E-state index in [1.54, 1.807) is 0 Å². The minimum absolute atomic E-state index is 0. The van der Waals surface area contributed by atoms with Crippen molar-refractivity contribution in [1.29, 1.82) is 0 Å². The summed E-state index contributed by atoms with van der Waals surface area (Å²) in [7, 11) is 0. The van der Waals surface area contributed by atoms with Gasteiger partial charge in [0.15, 0.2) is 0 Å². The van der Waals surface area contributed by atoms with Crippen LogP contribution in [0.1, 0.15) is 15.7 Å². The molecule has 0 aromatic rings. The van der Waals surface area contributed by atoms with Crippen LogP contribution in [-0.4, -0.2) is 26.5 Å². The van der Waals surface area contributed by atoms with Crippen LogP contribution in [0.3, 0.4) is 0 Å². The molecular formula is C16H28Ge2Ti. The Morgan fingerprint density at radius 2 is 1.16 bits per heavy atom. The second-order valence-electron chi connectivity index (χ2n) is 7.62. The fourth-order valence-electron chi connectivity index (χ4n) is 2.83. The quantitative estimate of drug-likeness (QED) is 0.536. The zero-order valence-corrected chi connectivity index (χ0v) is 19.0. The maximum absolute atomic E-state index is 2.54. The summed E-state index contributed by atoms with van der Waals surface area (Å²) < 4.78 is 7.38. The molecule has 19 heavy (non-hydrogen) atoms. The number of allylic oxidation sites excluding steroid dienone is 8. The van der Waals surface area contributed by atoms with Crippen molar-refractivity contribution in [3.63, 3.8) is 0 Å². The molecule has 2 aliphatic rings. The first-order valence-corrected chi connectivity index (χ1v) is 23.5. The topological polar surface area (TPSA) is 0 Å². The second kappa shape index (κ2) is 5.87. The molecule has 0 heterocycles. The van der Waals surface area contributed by atoms with E-state index in [4.69, 9.17) is 0 Å². The Balaban J connectivity index is 0.00000200. The summed E-state index contributed by atoms with van der Waals surface area (Å²) in [4.78, 5) is 0. The van der Waals surface area contributed by atoms with Gasteiger partial charge in [-0.2, -0.15) is 0 Å². The summed E-state index contributed by atoms with van der Waals surface area (Å²) in [6.07, 6.45) is 12.3. The summed E-state index contributed by atoms with van der Waals surface area (Å²) in [5.74, 6) is 15.3. The molecule has 2 rings (SSSR count). The van der Waals surface area contributed by atoms with Gasteiger partial charge in [0.1, 0.15) is 0 Å². The third-order valence-corrected chi connectivity index (χ3v) is 16.6. The number of hydrogen-bond acceptors (Lipinski definition) is 0. The van der Waals surface area contributed by atoms with Gasteiger partial charge in [0.25, 0.3) is 0 Å². The third kappa shape index (κ3) is 3.90. The zero-order chi connectivity index (χ0) is 14.3. The molecule has 0 amide bonds. The fraction of sp³-hybridized carbons (Fsp3) is 0.500. The Hall–Kier alpha value is 0.760. The Kier molecular flexibility index (Phi) is 4.98. The van der Waals surface area contributed by atoms with E-state index in [2.05, 4.69) is 58.8 Å². The first-order chi connectivity index (χ1) is 8.69. The minimum Gasteiger partial charge on any atom is -1.00 e. The van der Waals surface area contributed by atoms with Gasteiger partial charge in [-0.05, 0) is 0 Å². The molecule has 2 aliphatic carbocycles. The average molecular weight is 413 g/mol. The minimum atomic E-state index is -1.64. The van der Waals surface area contributed by atoms with Crippen molar-refractivity contribution in [2.75, 3.05) is 0 Å². The molecule has 0 saturated heterocycles. The first kappa shape index (κ1) is 16.1. The monoisotopic (exact) mass is 416 g/mol. The first-order valence-electron chi connectivity index (χ1n) is 7.27. The van der Waals surface area contributed by atoms with Crippen LogP contribution in [0.25, 0.3) is 0 Å². The second-order valence-corrected chi connectivity index (χ2v) is 31.0. The molecule has 0 bridgehead atoms. The number of rotatable bonds is 4. The average Bonchev–Trinajstić information content (AvgIpc) is 2.83. The molecular weight excluding hydrogens is 385 g/mol. The van der Waals surface area contributed by atoms with Crippen LogP contribution in [0, 0.1) is 0 Å². The van der Waals surface area contributed by atoms with Gasteiger partial charge in [0.2, 0.25) is 0 Å². The van der Waals surface area contributed by atoms with Crippen LogP contribution in [0.4, 0.5) is 0 Å². The molecule has 0 saturated carbocycles. The van der Waals surface area contributed by atoms with E-state index in [-0.39, 0.29) is 22.0 Å². The van der Waals surface area contributed by atoms with Crippen LogP contribution in [0.5, 0.6) is 0 Å². The smallest absolute Gasteiger partial charge is 1.00 e. The van der Waals surface area contributed by atoms with E-state index in [0.29, 0.717) is 0 Å². The Morgan fingerprint density at radius 3 is 1.47 bits per heavy atom. The van der Waals surface area contributed by atoms with Crippen molar-refractivity contribution in [2.45, 2.75) is 47.4 Å². The van der Waals surface area contributed by atoms with Gasteiger partial charge in [-0.15, -0.1) is 0 Å². The summed E-state index contributed by atoms with van der Waals surface area (Å²) in [5, 5.41) is 0. The van der Waals surface area contributed by atoms with Crippen molar-refractivity contribution in [1.82, 2.24) is 0 Å². The number of hydrogen-bond donors (Lipinski definition) is 0. The Labute approximate surface area is 136 Å². The molecule has 0 aromatic heterocycles. The van der Waals surface area contributed by atoms with Gasteiger partial charge in [0, 0.05) is 0 Å². The molecule has 0 aromatic carbocycles. The standard InChI is InChI=1S/2C8H13Ge.Ti.2H/c2*1-9(2,3)8-6-4-5-7-8;;;/h2*4,6H,5H2,1-3H3;;;/q;;+2;2*-1. The van der Waals surface area contributed by atoms with Gasteiger partial charge in [-0.25, -0.2) is 0 Å². The molecule has 0 N–H and O–H groups in total. The van der Waals surface area contributed by atoms with E-state index in [1.165, 1.54) is 12.8 Å². The van der Waals surface area contributed by atoms with E-state index >= 15 is 0 Å². The van der Waals surface area contributed by atoms with Crippen LogP contribution >= 0.6 is 0 Å². The van der Waals surface area contributed by atoms with Gasteiger partial charge >= 0.3 is 134 Å².